The summed E-state index contributed by atoms with van der Waals surface area (Å²) in [6.45, 7) is 1.30. The predicted molar refractivity (Wildman–Crippen MR) is 119 cm³/mol. The van der Waals surface area contributed by atoms with Gasteiger partial charge in [-0.25, -0.2) is 8.42 Å². The monoisotopic (exact) mass is 440 g/mol. The van der Waals surface area contributed by atoms with Gasteiger partial charge >= 0.3 is 0 Å². The van der Waals surface area contributed by atoms with Gasteiger partial charge in [0.1, 0.15) is 5.75 Å². The van der Waals surface area contributed by atoms with Crippen molar-refractivity contribution in [1.29, 1.82) is 0 Å². The Labute approximate surface area is 183 Å². The molecule has 2 aromatic carbocycles. The maximum Gasteiger partial charge on any atom is 0.261 e. The van der Waals surface area contributed by atoms with Crippen molar-refractivity contribution in [2.75, 3.05) is 17.9 Å². The fourth-order valence-corrected chi connectivity index (χ4v) is 6.10. The Hall–Kier alpha value is -2.54. The molecule has 164 valence electrons. The van der Waals surface area contributed by atoms with E-state index in [-0.39, 0.29) is 16.8 Å². The largest absolute Gasteiger partial charge is 0.493 e. The highest BCUT2D eigenvalue weighted by Crippen LogP contribution is 2.32. The molecule has 0 aromatic heterocycles. The number of carbonyl (C=O) groups excluding carboxylic acids is 1. The molecule has 1 fully saturated rings. The molecule has 6 nitrogen and oxygen atoms in total. The third-order valence-electron chi connectivity index (χ3n) is 6.69. The van der Waals surface area contributed by atoms with Crippen LogP contribution in [0, 0.1) is 0 Å². The first-order chi connectivity index (χ1) is 15.0. The van der Waals surface area contributed by atoms with Crippen LogP contribution < -0.4 is 9.46 Å². The normalized spacial score (nSPS) is 21.1. The van der Waals surface area contributed by atoms with E-state index in [2.05, 4.69) is 4.72 Å². The molecule has 1 N–H and O–H groups in total. The van der Waals surface area contributed by atoms with Crippen LogP contribution in [0.2, 0.25) is 0 Å². The number of piperidine rings is 1. The Morgan fingerprint density at radius 3 is 2.65 bits per heavy atom. The van der Waals surface area contributed by atoms with E-state index in [1.165, 1.54) is 5.56 Å². The minimum atomic E-state index is -3.75. The second-order valence-corrected chi connectivity index (χ2v) is 10.4. The topological polar surface area (TPSA) is 75.7 Å². The molecule has 31 heavy (non-hydrogen) atoms. The SMILES string of the molecule is O=C1c2cc(NS(=O)(=O)c3ccc4c(c3)CCCC4)ccc2OCCC2CCCCN12. The van der Waals surface area contributed by atoms with E-state index in [1.54, 1.807) is 30.3 Å². The number of anilines is 1. The smallest absolute Gasteiger partial charge is 0.261 e. The fraction of sp³-hybridized carbons (Fsp3) is 0.458. The third kappa shape index (κ3) is 4.03. The van der Waals surface area contributed by atoms with E-state index in [1.807, 2.05) is 11.0 Å². The number of nitrogens with one attached hydrogen (secondary N) is 1. The van der Waals surface area contributed by atoms with Crippen LogP contribution in [0.1, 0.15) is 60.0 Å². The van der Waals surface area contributed by atoms with Gasteiger partial charge in [-0.3, -0.25) is 9.52 Å². The number of rotatable bonds is 3. The highest BCUT2D eigenvalue weighted by molar-refractivity contribution is 7.92. The van der Waals surface area contributed by atoms with Gasteiger partial charge < -0.3 is 9.64 Å². The lowest BCUT2D eigenvalue weighted by atomic mass is 9.92. The van der Waals surface area contributed by atoms with Crippen molar-refractivity contribution >= 4 is 21.6 Å². The van der Waals surface area contributed by atoms with Gasteiger partial charge in [0.05, 0.1) is 17.1 Å². The van der Waals surface area contributed by atoms with Crippen LogP contribution in [0.25, 0.3) is 0 Å². The zero-order valence-electron chi connectivity index (χ0n) is 17.6. The minimum Gasteiger partial charge on any atom is -0.493 e. The molecule has 2 aliphatic heterocycles. The number of ether oxygens (including phenoxy) is 1. The van der Waals surface area contributed by atoms with Gasteiger partial charge in [-0.15, -0.1) is 0 Å². The van der Waals surface area contributed by atoms with E-state index >= 15 is 0 Å². The van der Waals surface area contributed by atoms with E-state index in [0.717, 1.165) is 63.5 Å². The molecule has 0 spiro atoms. The average molecular weight is 441 g/mol. The summed E-state index contributed by atoms with van der Waals surface area (Å²) in [5.74, 6) is 0.444. The molecule has 2 aromatic rings. The summed E-state index contributed by atoms with van der Waals surface area (Å²) >= 11 is 0. The number of nitrogens with zero attached hydrogens (tertiary/aromatic N) is 1. The maximum absolute atomic E-state index is 13.2. The van der Waals surface area contributed by atoms with E-state index in [9.17, 15) is 13.2 Å². The molecular formula is C24H28N2O4S. The first kappa shape index (κ1) is 20.4. The molecule has 1 unspecified atom stereocenters. The lowest BCUT2D eigenvalue weighted by Gasteiger charge is -2.37. The summed E-state index contributed by atoms with van der Waals surface area (Å²) in [7, 11) is -3.75. The highest BCUT2D eigenvalue weighted by Gasteiger charge is 2.31. The Kier molecular flexibility index (Phi) is 5.38. The van der Waals surface area contributed by atoms with Crippen molar-refractivity contribution in [2.45, 2.75) is 62.3 Å². The van der Waals surface area contributed by atoms with Crippen molar-refractivity contribution in [3.8, 4) is 5.75 Å². The van der Waals surface area contributed by atoms with Gasteiger partial charge in [0.25, 0.3) is 15.9 Å². The fourth-order valence-electron chi connectivity index (χ4n) is 5.01. The molecule has 5 rings (SSSR count). The zero-order valence-corrected chi connectivity index (χ0v) is 18.4. The van der Waals surface area contributed by atoms with E-state index < -0.39 is 10.0 Å². The molecule has 3 aliphatic rings. The summed E-state index contributed by atoms with van der Waals surface area (Å²) in [6.07, 6.45) is 8.13. The zero-order chi connectivity index (χ0) is 21.4. The molecule has 7 heteroatoms. The maximum atomic E-state index is 13.2. The lowest BCUT2D eigenvalue weighted by molar-refractivity contribution is 0.0548. The number of amides is 1. The van der Waals surface area contributed by atoms with Crippen LogP contribution >= 0.6 is 0 Å². The molecule has 0 bridgehead atoms. The van der Waals surface area contributed by atoms with Crippen LogP contribution in [0.15, 0.2) is 41.3 Å². The van der Waals surface area contributed by atoms with Crippen LogP contribution in [0.4, 0.5) is 5.69 Å². The first-order valence-electron chi connectivity index (χ1n) is 11.2. The quantitative estimate of drug-likeness (QED) is 0.778. The Balaban J connectivity index is 1.43. The van der Waals surface area contributed by atoms with Gasteiger partial charge in [-0.1, -0.05) is 6.07 Å². The Morgan fingerprint density at radius 1 is 0.935 bits per heavy atom. The van der Waals surface area contributed by atoms with E-state index in [4.69, 9.17) is 4.74 Å². The second-order valence-electron chi connectivity index (χ2n) is 8.74. The number of benzene rings is 2. The number of aryl methyl sites for hydroxylation is 2. The van der Waals surface area contributed by atoms with Crippen LogP contribution in [0.5, 0.6) is 5.75 Å². The summed E-state index contributed by atoms with van der Waals surface area (Å²) in [5, 5.41) is 0. The highest BCUT2D eigenvalue weighted by atomic mass is 32.2. The van der Waals surface area contributed by atoms with Crippen LogP contribution in [0.3, 0.4) is 0 Å². The molecule has 1 amide bonds. The van der Waals surface area contributed by atoms with Gasteiger partial charge in [-0.05, 0) is 86.4 Å². The number of carbonyl (C=O) groups is 1. The average Bonchev–Trinajstić information content (AvgIpc) is 2.78. The van der Waals surface area contributed by atoms with Crippen molar-refractivity contribution in [3.05, 3.63) is 53.1 Å². The molecular weight excluding hydrogens is 412 g/mol. The first-order valence-corrected chi connectivity index (χ1v) is 12.7. The third-order valence-corrected chi connectivity index (χ3v) is 8.07. The van der Waals surface area contributed by atoms with Crippen LogP contribution in [-0.4, -0.2) is 38.4 Å². The molecule has 0 saturated carbocycles. The lowest BCUT2D eigenvalue weighted by Crippen LogP contribution is -2.45. The van der Waals surface area contributed by atoms with Gasteiger partial charge in [0.15, 0.2) is 0 Å². The second kappa shape index (κ2) is 8.19. The number of hydrogen-bond donors (Lipinski definition) is 1. The minimum absolute atomic E-state index is 0.0748. The van der Waals surface area contributed by atoms with Crippen molar-refractivity contribution < 1.29 is 17.9 Å². The summed E-state index contributed by atoms with van der Waals surface area (Å²) in [4.78, 5) is 15.4. The predicted octanol–water partition coefficient (Wildman–Crippen LogP) is 4.14. The van der Waals surface area contributed by atoms with Gasteiger partial charge in [0.2, 0.25) is 0 Å². The van der Waals surface area contributed by atoms with Crippen molar-refractivity contribution in [2.24, 2.45) is 0 Å². The van der Waals surface area contributed by atoms with E-state index in [0.29, 0.717) is 23.6 Å². The number of fused-ring (bicyclic) bond motifs is 3. The molecule has 2 heterocycles. The molecule has 0 radical (unpaired) electrons. The standard InChI is InChI=1S/C24H28N2O4S/c27-24-22-16-19(9-11-23(22)30-14-12-20-7-3-4-13-26(20)24)25-31(28,29)21-10-8-17-5-1-2-6-18(17)15-21/h8-11,15-16,20,25H,1-7,12-14H2. The molecule has 1 aliphatic carbocycles. The van der Waals surface area contributed by atoms with Crippen molar-refractivity contribution in [1.82, 2.24) is 4.90 Å². The molecule has 1 atom stereocenters. The summed E-state index contributed by atoms with van der Waals surface area (Å²) in [5.41, 5.74) is 3.16. The van der Waals surface area contributed by atoms with Crippen LogP contribution in [-0.2, 0) is 22.9 Å². The number of sulfonamides is 1. The number of hydrogen-bond acceptors (Lipinski definition) is 4. The van der Waals surface area contributed by atoms with Gasteiger partial charge in [-0.2, -0.15) is 0 Å². The Bertz CT molecular complexity index is 1110. The summed E-state index contributed by atoms with van der Waals surface area (Å²) < 4.78 is 34.6. The van der Waals surface area contributed by atoms with Crippen molar-refractivity contribution in [3.63, 3.8) is 0 Å². The van der Waals surface area contributed by atoms with Gasteiger partial charge in [0, 0.05) is 24.7 Å². The molecule has 1 saturated heterocycles. The Morgan fingerprint density at radius 2 is 1.77 bits per heavy atom. The summed E-state index contributed by atoms with van der Waals surface area (Å²) in [6, 6.07) is 10.6.